The molecule has 1 aromatic rings. The van der Waals surface area contributed by atoms with Crippen molar-refractivity contribution >= 4 is 17.5 Å². The van der Waals surface area contributed by atoms with Crippen LogP contribution in [0.2, 0.25) is 5.02 Å². The van der Waals surface area contributed by atoms with Gasteiger partial charge in [0.05, 0.1) is 24.8 Å². The number of ether oxygens (including phenoxy) is 3. The molecule has 0 aliphatic heterocycles. The zero-order chi connectivity index (χ0) is 16.0. The third kappa shape index (κ3) is 8.87. The van der Waals surface area contributed by atoms with E-state index in [9.17, 15) is 4.79 Å². The Morgan fingerprint density at radius 2 is 1.95 bits per heavy atom. The first-order valence-corrected chi connectivity index (χ1v) is 7.82. The summed E-state index contributed by atoms with van der Waals surface area (Å²) in [5.41, 5.74) is 0. The highest BCUT2D eigenvalue weighted by molar-refractivity contribution is 6.32. The number of benzene rings is 1. The first-order valence-electron chi connectivity index (χ1n) is 7.44. The maximum atomic E-state index is 11.6. The van der Waals surface area contributed by atoms with Crippen LogP contribution in [-0.2, 0) is 14.3 Å². The van der Waals surface area contributed by atoms with Gasteiger partial charge in [-0.25, -0.2) is 0 Å². The van der Waals surface area contributed by atoms with E-state index in [4.69, 9.17) is 25.8 Å². The summed E-state index contributed by atoms with van der Waals surface area (Å²) in [6.45, 7) is 2.90. The Hall–Kier alpha value is -1.30. The molecule has 0 aliphatic carbocycles. The maximum absolute atomic E-state index is 11.6. The van der Waals surface area contributed by atoms with Crippen LogP contribution < -0.4 is 10.1 Å². The van der Waals surface area contributed by atoms with E-state index >= 15 is 0 Å². The minimum absolute atomic E-state index is 0.0275. The molecule has 0 saturated carbocycles. The third-order valence-electron chi connectivity index (χ3n) is 2.86. The van der Waals surface area contributed by atoms with E-state index in [2.05, 4.69) is 5.32 Å². The van der Waals surface area contributed by atoms with Gasteiger partial charge < -0.3 is 19.5 Å². The number of halogens is 1. The number of hydrogen-bond acceptors (Lipinski definition) is 4. The molecule has 0 spiro atoms. The summed E-state index contributed by atoms with van der Waals surface area (Å²) in [6.07, 6.45) is 1.89. The van der Waals surface area contributed by atoms with Gasteiger partial charge in [-0.3, -0.25) is 4.79 Å². The van der Waals surface area contributed by atoms with Crippen LogP contribution in [0.5, 0.6) is 5.75 Å². The number of amides is 1. The Morgan fingerprint density at radius 3 is 2.73 bits per heavy atom. The standard InChI is InChI=1S/C16H24ClNO4/c1-20-12-13-21-10-5-9-18-16(19)8-4-11-22-15-7-3-2-6-14(15)17/h2-3,6-7H,4-5,8-13H2,1H3,(H,18,19). The summed E-state index contributed by atoms with van der Waals surface area (Å²) in [5.74, 6) is 0.678. The second kappa shape index (κ2) is 12.3. The highest BCUT2D eigenvalue weighted by atomic mass is 35.5. The molecule has 1 aromatic carbocycles. The zero-order valence-electron chi connectivity index (χ0n) is 13.0. The average Bonchev–Trinajstić information content (AvgIpc) is 2.52. The number of nitrogens with one attached hydrogen (secondary N) is 1. The summed E-state index contributed by atoms with van der Waals surface area (Å²) >= 11 is 5.97. The van der Waals surface area contributed by atoms with Crippen LogP contribution in [0, 0.1) is 0 Å². The van der Waals surface area contributed by atoms with E-state index < -0.39 is 0 Å². The lowest BCUT2D eigenvalue weighted by Crippen LogP contribution is -2.25. The fourth-order valence-corrected chi connectivity index (χ4v) is 1.90. The lowest BCUT2D eigenvalue weighted by atomic mass is 10.3. The molecule has 1 rings (SSSR count). The molecular formula is C16H24ClNO4. The number of rotatable bonds is 12. The third-order valence-corrected chi connectivity index (χ3v) is 3.17. The van der Waals surface area contributed by atoms with E-state index in [0.717, 1.165) is 6.42 Å². The summed E-state index contributed by atoms with van der Waals surface area (Å²) in [7, 11) is 1.64. The Bertz CT molecular complexity index is 428. The van der Waals surface area contributed by atoms with Crippen molar-refractivity contribution in [3.8, 4) is 5.75 Å². The number of para-hydroxylation sites is 1. The molecular weight excluding hydrogens is 306 g/mol. The quantitative estimate of drug-likeness (QED) is 0.599. The van der Waals surface area contributed by atoms with Crippen molar-refractivity contribution < 1.29 is 19.0 Å². The molecule has 0 aliphatic rings. The van der Waals surface area contributed by atoms with E-state index in [1.54, 1.807) is 13.2 Å². The van der Waals surface area contributed by atoms with Gasteiger partial charge in [-0.05, 0) is 25.0 Å². The summed E-state index contributed by atoms with van der Waals surface area (Å²) in [4.78, 5) is 11.6. The molecule has 0 heterocycles. The van der Waals surface area contributed by atoms with Gasteiger partial charge in [-0.2, -0.15) is 0 Å². The van der Waals surface area contributed by atoms with Crippen LogP contribution in [0.1, 0.15) is 19.3 Å². The zero-order valence-corrected chi connectivity index (χ0v) is 13.7. The normalized spacial score (nSPS) is 10.5. The van der Waals surface area contributed by atoms with Gasteiger partial charge in [0.2, 0.25) is 5.91 Å². The van der Waals surface area contributed by atoms with Crippen molar-refractivity contribution in [2.45, 2.75) is 19.3 Å². The smallest absolute Gasteiger partial charge is 0.220 e. The molecule has 6 heteroatoms. The minimum Gasteiger partial charge on any atom is -0.492 e. The van der Waals surface area contributed by atoms with Crippen LogP contribution in [0.3, 0.4) is 0 Å². The molecule has 1 amide bonds. The van der Waals surface area contributed by atoms with Crippen LogP contribution in [0.25, 0.3) is 0 Å². The highest BCUT2D eigenvalue weighted by Gasteiger charge is 2.03. The van der Waals surface area contributed by atoms with E-state index in [1.165, 1.54) is 0 Å². The van der Waals surface area contributed by atoms with Gasteiger partial charge in [0.1, 0.15) is 5.75 Å². The molecule has 0 radical (unpaired) electrons. The number of methoxy groups -OCH3 is 1. The second-order valence-corrected chi connectivity index (χ2v) is 5.10. The molecule has 0 bridgehead atoms. The minimum atomic E-state index is 0.0275. The average molecular weight is 330 g/mol. The predicted octanol–water partition coefficient (Wildman–Crippen LogP) is 2.67. The number of carbonyl (C=O) groups excluding carboxylic acids is 1. The van der Waals surface area contributed by atoms with Crippen molar-refractivity contribution in [3.63, 3.8) is 0 Å². The van der Waals surface area contributed by atoms with Gasteiger partial charge in [0.25, 0.3) is 0 Å². The molecule has 5 nitrogen and oxygen atoms in total. The molecule has 124 valence electrons. The monoisotopic (exact) mass is 329 g/mol. The highest BCUT2D eigenvalue weighted by Crippen LogP contribution is 2.23. The molecule has 22 heavy (non-hydrogen) atoms. The molecule has 0 saturated heterocycles. The van der Waals surface area contributed by atoms with Crippen molar-refractivity contribution in [1.82, 2.24) is 5.32 Å². The van der Waals surface area contributed by atoms with E-state index in [-0.39, 0.29) is 5.91 Å². The van der Waals surface area contributed by atoms with Crippen molar-refractivity contribution in [3.05, 3.63) is 29.3 Å². The van der Waals surface area contributed by atoms with E-state index in [1.807, 2.05) is 18.2 Å². The number of carbonyl (C=O) groups is 1. The Morgan fingerprint density at radius 1 is 1.14 bits per heavy atom. The summed E-state index contributed by atoms with van der Waals surface area (Å²) in [6, 6.07) is 7.30. The lowest BCUT2D eigenvalue weighted by molar-refractivity contribution is -0.121. The Balaban J connectivity index is 1.96. The van der Waals surface area contributed by atoms with Crippen LogP contribution in [0.15, 0.2) is 24.3 Å². The second-order valence-electron chi connectivity index (χ2n) is 4.69. The van der Waals surface area contributed by atoms with Crippen molar-refractivity contribution in [1.29, 1.82) is 0 Å². The first kappa shape index (κ1) is 18.7. The van der Waals surface area contributed by atoms with Gasteiger partial charge in [-0.1, -0.05) is 23.7 Å². The van der Waals surface area contributed by atoms with Gasteiger partial charge in [-0.15, -0.1) is 0 Å². The predicted molar refractivity (Wildman–Crippen MR) is 86.5 cm³/mol. The summed E-state index contributed by atoms with van der Waals surface area (Å²) < 4.78 is 15.7. The lowest BCUT2D eigenvalue weighted by Gasteiger charge is -2.08. The maximum Gasteiger partial charge on any atom is 0.220 e. The fraction of sp³-hybridized carbons (Fsp3) is 0.562. The van der Waals surface area contributed by atoms with Crippen molar-refractivity contribution in [2.75, 3.05) is 40.1 Å². The van der Waals surface area contributed by atoms with Crippen LogP contribution in [0.4, 0.5) is 0 Å². The van der Waals surface area contributed by atoms with Gasteiger partial charge in [0.15, 0.2) is 0 Å². The topological polar surface area (TPSA) is 56.8 Å². The van der Waals surface area contributed by atoms with Crippen LogP contribution in [-0.4, -0.2) is 46.0 Å². The van der Waals surface area contributed by atoms with Gasteiger partial charge in [0, 0.05) is 26.7 Å². The van der Waals surface area contributed by atoms with Crippen LogP contribution >= 0.6 is 11.6 Å². The molecule has 1 N–H and O–H groups in total. The van der Waals surface area contributed by atoms with Crippen molar-refractivity contribution in [2.24, 2.45) is 0 Å². The van der Waals surface area contributed by atoms with Gasteiger partial charge >= 0.3 is 0 Å². The Kier molecular flexibility index (Phi) is 10.5. The summed E-state index contributed by atoms with van der Waals surface area (Å²) in [5, 5.41) is 3.44. The van der Waals surface area contributed by atoms with E-state index in [0.29, 0.717) is 56.6 Å². The molecule has 0 aromatic heterocycles. The SMILES string of the molecule is COCCOCCCNC(=O)CCCOc1ccccc1Cl. The molecule has 0 atom stereocenters. The Labute approximate surface area is 136 Å². The largest absolute Gasteiger partial charge is 0.492 e. The first-order chi connectivity index (χ1) is 10.7. The number of hydrogen-bond donors (Lipinski definition) is 1. The molecule has 0 unspecified atom stereocenters. The fourth-order valence-electron chi connectivity index (χ4n) is 1.71. The molecule has 0 fully saturated rings.